The first kappa shape index (κ1) is 11.6. The predicted octanol–water partition coefficient (Wildman–Crippen LogP) is 1.57. The monoisotopic (exact) mass is 210 g/mol. The molecule has 2 amide bonds. The molecular formula is C10H18N4O. The summed E-state index contributed by atoms with van der Waals surface area (Å²) in [4.78, 5) is 18.4. The van der Waals surface area contributed by atoms with Crippen molar-refractivity contribution in [2.75, 3.05) is 6.54 Å². The van der Waals surface area contributed by atoms with Crippen molar-refractivity contribution in [3.8, 4) is 0 Å². The van der Waals surface area contributed by atoms with Crippen molar-refractivity contribution in [1.29, 1.82) is 0 Å². The fraction of sp³-hybridized carbons (Fsp3) is 0.600. The molecule has 5 nitrogen and oxygen atoms in total. The number of urea groups is 1. The van der Waals surface area contributed by atoms with E-state index in [1.165, 1.54) is 0 Å². The maximum Gasteiger partial charge on any atom is 0.315 e. The fourth-order valence-corrected chi connectivity index (χ4v) is 1.21. The maximum atomic E-state index is 11.4. The Hall–Kier alpha value is -1.52. The lowest BCUT2D eigenvalue weighted by Gasteiger charge is -2.12. The van der Waals surface area contributed by atoms with E-state index >= 15 is 0 Å². The van der Waals surface area contributed by atoms with E-state index in [-0.39, 0.29) is 12.1 Å². The Morgan fingerprint density at radius 3 is 3.07 bits per heavy atom. The number of carbonyl (C=O) groups is 1. The van der Waals surface area contributed by atoms with E-state index in [0.29, 0.717) is 6.54 Å². The van der Waals surface area contributed by atoms with Crippen molar-refractivity contribution in [1.82, 2.24) is 20.6 Å². The number of hydrogen-bond donors (Lipinski definition) is 3. The second-order valence-electron chi connectivity index (χ2n) is 3.45. The van der Waals surface area contributed by atoms with E-state index in [1.54, 1.807) is 12.4 Å². The van der Waals surface area contributed by atoms with Crippen LogP contribution in [-0.4, -0.2) is 22.5 Å². The van der Waals surface area contributed by atoms with Gasteiger partial charge in [0.2, 0.25) is 0 Å². The molecule has 1 unspecified atom stereocenters. The third-order valence-corrected chi connectivity index (χ3v) is 2.09. The highest BCUT2D eigenvalue weighted by atomic mass is 16.2. The van der Waals surface area contributed by atoms with E-state index < -0.39 is 0 Å². The van der Waals surface area contributed by atoms with Crippen LogP contribution >= 0.6 is 0 Å². The number of amides is 2. The molecular weight excluding hydrogens is 192 g/mol. The molecule has 1 rings (SSSR count). The molecule has 0 aliphatic rings. The first-order valence-electron chi connectivity index (χ1n) is 5.27. The van der Waals surface area contributed by atoms with Gasteiger partial charge in [-0.15, -0.1) is 0 Å². The second kappa shape index (κ2) is 6.06. The van der Waals surface area contributed by atoms with Gasteiger partial charge in [0.05, 0.1) is 6.04 Å². The Balaban J connectivity index is 2.26. The molecule has 15 heavy (non-hydrogen) atoms. The van der Waals surface area contributed by atoms with Gasteiger partial charge in [0.15, 0.2) is 0 Å². The number of hydrogen-bond acceptors (Lipinski definition) is 2. The summed E-state index contributed by atoms with van der Waals surface area (Å²) in [6.45, 7) is 4.69. The third-order valence-electron chi connectivity index (χ3n) is 2.09. The summed E-state index contributed by atoms with van der Waals surface area (Å²) in [5, 5.41) is 5.58. The Morgan fingerprint density at radius 2 is 2.47 bits per heavy atom. The molecule has 0 radical (unpaired) electrons. The highest BCUT2D eigenvalue weighted by Gasteiger charge is 2.09. The number of imidazole rings is 1. The molecule has 1 heterocycles. The fourth-order valence-electron chi connectivity index (χ4n) is 1.21. The number of aromatic amines is 1. The minimum atomic E-state index is -0.146. The van der Waals surface area contributed by atoms with Crippen LogP contribution in [-0.2, 0) is 0 Å². The van der Waals surface area contributed by atoms with Gasteiger partial charge in [-0.3, -0.25) is 0 Å². The maximum absolute atomic E-state index is 11.4. The average molecular weight is 210 g/mol. The van der Waals surface area contributed by atoms with Crippen molar-refractivity contribution in [2.45, 2.75) is 32.7 Å². The zero-order valence-electron chi connectivity index (χ0n) is 9.21. The SMILES string of the molecule is CCCCNC(=O)NC(C)c1ncc[nH]1. The van der Waals surface area contributed by atoms with Crippen LogP contribution in [0.15, 0.2) is 12.4 Å². The van der Waals surface area contributed by atoms with Crippen molar-refractivity contribution in [3.05, 3.63) is 18.2 Å². The minimum absolute atomic E-state index is 0.0957. The van der Waals surface area contributed by atoms with Crippen molar-refractivity contribution in [2.24, 2.45) is 0 Å². The van der Waals surface area contributed by atoms with Gasteiger partial charge in [-0.1, -0.05) is 13.3 Å². The molecule has 0 saturated carbocycles. The molecule has 0 saturated heterocycles. The van der Waals surface area contributed by atoms with Crippen LogP contribution in [0.1, 0.15) is 38.6 Å². The van der Waals surface area contributed by atoms with Crippen LogP contribution in [0.5, 0.6) is 0 Å². The summed E-state index contributed by atoms with van der Waals surface area (Å²) < 4.78 is 0. The third kappa shape index (κ3) is 4.01. The predicted molar refractivity (Wildman–Crippen MR) is 58.4 cm³/mol. The molecule has 0 spiro atoms. The van der Waals surface area contributed by atoms with Crippen LogP contribution in [0.3, 0.4) is 0 Å². The van der Waals surface area contributed by atoms with Crippen molar-refractivity contribution >= 4 is 6.03 Å². The molecule has 0 aliphatic carbocycles. The summed E-state index contributed by atoms with van der Waals surface area (Å²) in [6, 6.07) is -0.242. The molecule has 1 aromatic heterocycles. The molecule has 0 bridgehead atoms. The summed E-state index contributed by atoms with van der Waals surface area (Å²) in [7, 11) is 0. The van der Waals surface area contributed by atoms with Gasteiger partial charge in [-0.05, 0) is 13.3 Å². The first-order chi connectivity index (χ1) is 7.24. The van der Waals surface area contributed by atoms with Gasteiger partial charge in [0, 0.05) is 18.9 Å². The highest BCUT2D eigenvalue weighted by Crippen LogP contribution is 2.04. The lowest BCUT2D eigenvalue weighted by Crippen LogP contribution is -2.37. The minimum Gasteiger partial charge on any atom is -0.347 e. The smallest absolute Gasteiger partial charge is 0.315 e. The number of unbranched alkanes of at least 4 members (excludes halogenated alkanes) is 1. The lowest BCUT2D eigenvalue weighted by molar-refractivity contribution is 0.237. The van der Waals surface area contributed by atoms with Crippen molar-refractivity contribution < 1.29 is 4.79 Å². The topological polar surface area (TPSA) is 69.8 Å². The first-order valence-corrected chi connectivity index (χ1v) is 5.27. The molecule has 5 heteroatoms. The molecule has 0 aliphatic heterocycles. The average Bonchev–Trinajstić information content (AvgIpc) is 2.70. The zero-order chi connectivity index (χ0) is 11.1. The number of aromatic nitrogens is 2. The summed E-state index contributed by atoms with van der Waals surface area (Å²) in [5.74, 6) is 0.764. The molecule has 84 valence electrons. The second-order valence-corrected chi connectivity index (χ2v) is 3.45. The lowest BCUT2D eigenvalue weighted by atomic mass is 10.3. The van der Waals surface area contributed by atoms with Crippen LogP contribution in [0.25, 0.3) is 0 Å². The van der Waals surface area contributed by atoms with Gasteiger partial charge in [0.25, 0.3) is 0 Å². The summed E-state index contributed by atoms with van der Waals surface area (Å²) >= 11 is 0. The molecule has 3 N–H and O–H groups in total. The highest BCUT2D eigenvalue weighted by molar-refractivity contribution is 5.74. The normalized spacial score (nSPS) is 12.1. The zero-order valence-corrected chi connectivity index (χ0v) is 9.21. The Bertz CT molecular complexity index is 284. The van der Waals surface area contributed by atoms with E-state index in [4.69, 9.17) is 0 Å². The molecule has 0 fully saturated rings. The number of H-pyrrole nitrogens is 1. The summed E-state index contributed by atoms with van der Waals surface area (Å²) in [5.41, 5.74) is 0. The van der Waals surface area contributed by atoms with Crippen molar-refractivity contribution in [3.63, 3.8) is 0 Å². The van der Waals surface area contributed by atoms with Gasteiger partial charge in [-0.2, -0.15) is 0 Å². The standard InChI is InChI=1S/C10H18N4O/c1-3-4-5-13-10(15)14-8(2)9-11-6-7-12-9/h6-8H,3-5H2,1-2H3,(H,11,12)(H2,13,14,15). The Labute approximate surface area is 89.7 Å². The Kier molecular flexibility index (Phi) is 4.66. The summed E-state index contributed by atoms with van der Waals surface area (Å²) in [6.07, 6.45) is 5.49. The van der Waals surface area contributed by atoms with E-state index in [0.717, 1.165) is 18.7 Å². The number of nitrogens with one attached hydrogen (secondary N) is 3. The molecule has 0 aromatic carbocycles. The number of carbonyl (C=O) groups excluding carboxylic acids is 1. The molecule has 1 atom stereocenters. The largest absolute Gasteiger partial charge is 0.347 e. The van der Waals surface area contributed by atoms with Crippen LogP contribution in [0.2, 0.25) is 0 Å². The number of nitrogens with zero attached hydrogens (tertiary/aromatic N) is 1. The molecule has 1 aromatic rings. The van der Waals surface area contributed by atoms with Gasteiger partial charge >= 0.3 is 6.03 Å². The number of rotatable bonds is 5. The quantitative estimate of drug-likeness (QED) is 0.646. The van der Waals surface area contributed by atoms with Crippen LogP contribution in [0, 0.1) is 0 Å². The van der Waals surface area contributed by atoms with E-state index in [1.807, 2.05) is 6.92 Å². The van der Waals surface area contributed by atoms with Gasteiger partial charge in [0.1, 0.15) is 5.82 Å². The van der Waals surface area contributed by atoms with E-state index in [2.05, 4.69) is 27.5 Å². The van der Waals surface area contributed by atoms with Crippen LogP contribution < -0.4 is 10.6 Å². The van der Waals surface area contributed by atoms with Gasteiger partial charge in [-0.25, -0.2) is 9.78 Å². The van der Waals surface area contributed by atoms with Gasteiger partial charge < -0.3 is 15.6 Å². The van der Waals surface area contributed by atoms with E-state index in [9.17, 15) is 4.79 Å². The Morgan fingerprint density at radius 1 is 1.67 bits per heavy atom. The van der Waals surface area contributed by atoms with Crippen LogP contribution in [0.4, 0.5) is 4.79 Å².